The Balaban J connectivity index is 2.11. The lowest BCUT2D eigenvalue weighted by molar-refractivity contribution is 0.466. The fourth-order valence-electron chi connectivity index (χ4n) is 2.05. The summed E-state index contributed by atoms with van der Waals surface area (Å²) in [7, 11) is 1.94. The normalized spacial score (nSPS) is 14.4. The standard InChI is InChI=1S/C13H17ClN4/c1-9(11-6-4-5-7-12(11)14)16-10(2)13-17-15-8-18(13)3/h4-10,16H,1-3H3. The van der Waals surface area contributed by atoms with Crippen LogP contribution in [0.25, 0.3) is 0 Å². The molecule has 0 bridgehead atoms. The molecule has 0 aliphatic carbocycles. The van der Waals surface area contributed by atoms with E-state index in [2.05, 4.69) is 29.4 Å². The summed E-state index contributed by atoms with van der Waals surface area (Å²) in [5.41, 5.74) is 1.09. The van der Waals surface area contributed by atoms with Crippen molar-refractivity contribution in [2.45, 2.75) is 25.9 Å². The second-order valence-electron chi connectivity index (χ2n) is 4.43. The van der Waals surface area contributed by atoms with E-state index in [1.807, 2.05) is 35.9 Å². The van der Waals surface area contributed by atoms with Crippen molar-refractivity contribution in [2.24, 2.45) is 7.05 Å². The third kappa shape index (κ3) is 2.71. The second kappa shape index (κ2) is 5.50. The van der Waals surface area contributed by atoms with Gasteiger partial charge in [-0.05, 0) is 25.5 Å². The molecule has 0 fully saturated rings. The van der Waals surface area contributed by atoms with Gasteiger partial charge in [-0.15, -0.1) is 10.2 Å². The summed E-state index contributed by atoms with van der Waals surface area (Å²) in [6, 6.07) is 8.14. The number of nitrogens with zero attached hydrogens (tertiary/aromatic N) is 3. The number of aryl methyl sites for hydroxylation is 1. The Kier molecular flexibility index (Phi) is 3.99. The van der Waals surface area contributed by atoms with Crippen molar-refractivity contribution < 1.29 is 0 Å². The van der Waals surface area contributed by atoms with E-state index in [9.17, 15) is 0 Å². The van der Waals surface area contributed by atoms with Gasteiger partial charge in [-0.3, -0.25) is 0 Å². The Hall–Kier alpha value is -1.39. The predicted molar refractivity (Wildman–Crippen MR) is 72.4 cm³/mol. The molecule has 1 N–H and O–H groups in total. The molecule has 2 atom stereocenters. The Morgan fingerprint density at radius 2 is 1.94 bits per heavy atom. The van der Waals surface area contributed by atoms with Crippen molar-refractivity contribution in [1.82, 2.24) is 20.1 Å². The van der Waals surface area contributed by atoms with Gasteiger partial charge in [0.1, 0.15) is 12.2 Å². The first-order chi connectivity index (χ1) is 8.59. The fourth-order valence-corrected chi connectivity index (χ4v) is 2.35. The highest BCUT2D eigenvalue weighted by Gasteiger charge is 2.16. The summed E-state index contributed by atoms with van der Waals surface area (Å²) in [6.07, 6.45) is 1.70. The molecule has 0 radical (unpaired) electrons. The minimum Gasteiger partial charge on any atom is -0.319 e. The summed E-state index contributed by atoms with van der Waals surface area (Å²) in [5, 5.41) is 12.2. The molecule has 0 aliphatic heterocycles. The molecule has 0 spiro atoms. The van der Waals surface area contributed by atoms with Gasteiger partial charge in [0.15, 0.2) is 0 Å². The van der Waals surface area contributed by atoms with Crippen LogP contribution >= 0.6 is 11.6 Å². The maximum atomic E-state index is 6.19. The van der Waals surface area contributed by atoms with Gasteiger partial charge in [-0.2, -0.15) is 0 Å². The highest BCUT2D eigenvalue weighted by Crippen LogP contribution is 2.24. The Labute approximate surface area is 112 Å². The van der Waals surface area contributed by atoms with Crippen LogP contribution in [-0.4, -0.2) is 14.8 Å². The molecule has 0 amide bonds. The average Bonchev–Trinajstić information content (AvgIpc) is 2.76. The largest absolute Gasteiger partial charge is 0.319 e. The second-order valence-corrected chi connectivity index (χ2v) is 4.84. The van der Waals surface area contributed by atoms with Gasteiger partial charge >= 0.3 is 0 Å². The number of rotatable bonds is 4. The minimum atomic E-state index is 0.115. The topological polar surface area (TPSA) is 42.7 Å². The average molecular weight is 265 g/mol. The highest BCUT2D eigenvalue weighted by molar-refractivity contribution is 6.31. The van der Waals surface area contributed by atoms with E-state index >= 15 is 0 Å². The van der Waals surface area contributed by atoms with Crippen LogP contribution in [0.3, 0.4) is 0 Å². The van der Waals surface area contributed by atoms with Gasteiger partial charge in [0.05, 0.1) is 6.04 Å². The van der Waals surface area contributed by atoms with Crippen LogP contribution in [0.15, 0.2) is 30.6 Å². The van der Waals surface area contributed by atoms with Crippen molar-refractivity contribution in [2.75, 3.05) is 0 Å². The van der Waals surface area contributed by atoms with Crippen molar-refractivity contribution in [1.29, 1.82) is 0 Å². The van der Waals surface area contributed by atoms with Gasteiger partial charge in [0.25, 0.3) is 0 Å². The van der Waals surface area contributed by atoms with E-state index in [4.69, 9.17) is 11.6 Å². The van der Waals surface area contributed by atoms with Crippen molar-refractivity contribution in [3.8, 4) is 0 Å². The number of hydrogen-bond donors (Lipinski definition) is 1. The molecule has 1 aromatic heterocycles. The summed E-state index contributed by atoms with van der Waals surface area (Å²) in [6.45, 7) is 4.16. The molecule has 2 rings (SSSR count). The number of benzene rings is 1. The number of hydrogen-bond acceptors (Lipinski definition) is 3. The first kappa shape index (κ1) is 13.1. The smallest absolute Gasteiger partial charge is 0.149 e. The van der Waals surface area contributed by atoms with E-state index in [0.717, 1.165) is 16.4 Å². The molecule has 0 aliphatic rings. The summed E-state index contributed by atoms with van der Waals surface area (Å²) >= 11 is 6.19. The van der Waals surface area contributed by atoms with E-state index in [0.29, 0.717) is 0 Å². The van der Waals surface area contributed by atoms with Gasteiger partial charge in [0.2, 0.25) is 0 Å². The van der Waals surface area contributed by atoms with E-state index in [1.165, 1.54) is 0 Å². The highest BCUT2D eigenvalue weighted by atomic mass is 35.5. The summed E-state index contributed by atoms with van der Waals surface area (Å²) in [4.78, 5) is 0. The van der Waals surface area contributed by atoms with E-state index < -0.39 is 0 Å². The number of nitrogens with one attached hydrogen (secondary N) is 1. The third-order valence-electron chi connectivity index (χ3n) is 3.01. The van der Waals surface area contributed by atoms with E-state index in [-0.39, 0.29) is 12.1 Å². The SMILES string of the molecule is CC(NC(C)c1nncn1C)c1ccccc1Cl. The molecule has 1 heterocycles. The first-order valence-electron chi connectivity index (χ1n) is 5.94. The molecule has 18 heavy (non-hydrogen) atoms. The molecule has 96 valence electrons. The van der Waals surface area contributed by atoms with Crippen LogP contribution in [0.1, 0.15) is 37.3 Å². The van der Waals surface area contributed by atoms with Crippen LogP contribution in [0.5, 0.6) is 0 Å². The quantitative estimate of drug-likeness (QED) is 0.923. The van der Waals surface area contributed by atoms with E-state index in [1.54, 1.807) is 6.33 Å². The van der Waals surface area contributed by atoms with Crippen LogP contribution < -0.4 is 5.32 Å². The maximum absolute atomic E-state index is 6.19. The van der Waals surface area contributed by atoms with Crippen LogP contribution in [0.4, 0.5) is 0 Å². The Bertz CT molecular complexity index is 523. The Morgan fingerprint density at radius 1 is 1.22 bits per heavy atom. The lowest BCUT2D eigenvalue weighted by atomic mass is 10.1. The van der Waals surface area contributed by atoms with Gasteiger partial charge in [-0.1, -0.05) is 29.8 Å². The zero-order valence-electron chi connectivity index (χ0n) is 10.8. The van der Waals surface area contributed by atoms with Gasteiger partial charge < -0.3 is 9.88 Å². The van der Waals surface area contributed by atoms with Crippen molar-refractivity contribution >= 4 is 11.6 Å². The molecule has 2 aromatic rings. The number of halogens is 1. The monoisotopic (exact) mass is 264 g/mol. The molecule has 0 saturated carbocycles. The maximum Gasteiger partial charge on any atom is 0.149 e. The molecule has 2 unspecified atom stereocenters. The van der Waals surface area contributed by atoms with Gasteiger partial charge in [0, 0.05) is 18.1 Å². The van der Waals surface area contributed by atoms with Crippen molar-refractivity contribution in [3.63, 3.8) is 0 Å². The zero-order chi connectivity index (χ0) is 13.1. The molecule has 0 saturated heterocycles. The number of aromatic nitrogens is 3. The molecular weight excluding hydrogens is 248 g/mol. The molecule has 1 aromatic carbocycles. The molecular formula is C13H17ClN4. The Morgan fingerprint density at radius 3 is 2.56 bits per heavy atom. The van der Waals surface area contributed by atoms with Crippen LogP contribution in [-0.2, 0) is 7.05 Å². The van der Waals surface area contributed by atoms with Crippen LogP contribution in [0, 0.1) is 0 Å². The molecule has 5 heteroatoms. The first-order valence-corrected chi connectivity index (χ1v) is 6.31. The summed E-state index contributed by atoms with van der Waals surface area (Å²) in [5.74, 6) is 0.911. The lowest BCUT2D eigenvalue weighted by Gasteiger charge is -2.20. The minimum absolute atomic E-state index is 0.115. The van der Waals surface area contributed by atoms with Crippen LogP contribution in [0.2, 0.25) is 5.02 Å². The van der Waals surface area contributed by atoms with Gasteiger partial charge in [-0.25, -0.2) is 0 Å². The zero-order valence-corrected chi connectivity index (χ0v) is 11.5. The predicted octanol–water partition coefficient (Wildman–Crippen LogP) is 2.88. The van der Waals surface area contributed by atoms with Crippen molar-refractivity contribution in [3.05, 3.63) is 47.0 Å². The molecule has 4 nitrogen and oxygen atoms in total. The summed E-state index contributed by atoms with van der Waals surface area (Å²) < 4.78 is 1.91. The lowest BCUT2D eigenvalue weighted by Crippen LogP contribution is -2.24. The third-order valence-corrected chi connectivity index (χ3v) is 3.35. The fraction of sp³-hybridized carbons (Fsp3) is 0.385.